The number of hydrogen-bond donors (Lipinski definition) is 1. The van der Waals surface area contributed by atoms with E-state index in [9.17, 15) is 13.2 Å². The predicted octanol–water partition coefficient (Wildman–Crippen LogP) is 1.40. The Morgan fingerprint density at radius 2 is 2.24 bits per heavy atom. The lowest BCUT2D eigenvalue weighted by molar-refractivity contribution is 0.0695. The average molecular weight is 330 g/mol. The molecule has 1 unspecified atom stereocenters. The number of aromatic carboxylic acids is 1. The Morgan fingerprint density at radius 1 is 1.52 bits per heavy atom. The highest BCUT2D eigenvalue weighted by Crippen LogP contribution is 2.26. The molecule has 1 N–H and O–H groups in total. The highest BCUT2D eigenvalue weighted by atomic mass is 32.2. The van der Waals surface area contributed by atoms with Crippen molar-refractivity contribution in [3.63, 3.8) is 0 Å². The van der Waals surface area contributed by atoms with E-state index in [4.69, 9.17) is 5.11 Å². The number of aromatic nitrogens is 1. The summed E-state index contributed by atoms with van der Waals surface area (Å²) in [7, 11) is -3.21. The molecule has 0 saturated carbocycles. The molecule has 21 heavy (non-hydrogen) atoms. The minimum Gasteiger partial charge on any atom is -0.478 e. The van der Waals surface area contributed by atoms with Crippen LogP contribution in [0.15, 0.2) is 12.1 Å². The van der Waals surface area contributed by atoms with Gasteiger partial charge in [0.15, 0.2) is 9.84 Å². The Bertz CT molecular complexity index is 646. The van der Waals surface area contributed by atoms with Crippen LogP contribution in [-0.4, -0.2) is 53.7 Å². The van der Waals surface area contributed by atoms with E-state index in [0.717, 1.165) is 5.75 Å². The van der Waals surface area contributed by atoms with E-state index < -0.39 is 21.2 Å². The zero-order valence-electron chi connectivity index (χ0n) is 11.9. The van der Waals surface area contributed by atoms with Gasteiger partial charge < -0.3 is 10.0 Å². The van der Waals surface area contributed by atoms with Gasteiger partial charge >= 0.3 is 5.97 Å². The largest absolute Gasteiger partial charge is 0.478 e. The number of pyridine rings is 1. The summed E-state index contributed by atoms with van der Waals surface area (Å²) in [6.07, 6.45) is 0. The van der Waals surface area contributed by atoms with E-state index in [1.165, 1.54) is 6.07 Å². The summed E-state index contributed by atoms with van der Waals surface area (Å²) in [6.45, 7) is 3.85. The van der Waals surface area contributed by atoms with Crippen LogP contribution in [0.3, 0.4) is 0 Å². The second kappa shape index (κ2) is 6.23. The number of carboxylic acids is 1. The van der Waals surface area contributed by atoms with Crippen LogP contribution in [0, 0.1) is 6.92 Å². The SMILES string of the molecule is CCS(=O)(=O)C1CSCCN1c1ccc(C(=O)O)c(C)n1. The van der Waals surface area contributed by atoms with Gasteiger partial charge in [-0.1, -0.05) is 6.92 Å². The molecule has 1 aliphatic heterocycles. The lowest BCUT2D eigenvalue weighted by Gasteiger charge is -2.35. The Balaban J connectivity index is 2.38. The minimum absolute atomic E-state index is 0.0842. The van der Waals surface area contributed by atoms with Crippen LogP contribution < -0.4 is 4.90 Å². The Kier molecular flexibility index (Phi) is 4.77. The molecule has 1 saturated heterocycles. The standard InChI is InChI=1S/C13H18N2O4S2/c1-3-21(18,19)12-8-20-7-6-15(12)11-5-4-10(13(16)17)9(2)14-11/h4-5,12H,3,6-8H2,1-2H3,(H,16,17). The fourth-order valence-electron chi connectivity index (χ4n) is 2.27. The molecular weight excluding hydrogens is 312 g/mol. The predicted molar refractivity (Wildman–Crippen MR) is 83.9 cm³/mol. The number of hydrogen-bond acceptors (Lipinski definition) is 6. The fraction of sp³-hybridized carbons (Fsp3) is 0.538. The van der Waals surface area contributed by atoms with E-state index >= 15 is 0 Å². The Labute approximate surface area is 128 Å². The number of aryl methyl sites for hydroxylation is 1. The van der Waals surface area contributed by atoms with Crippen molar-refractivity contribution in [1.29, 1.82) is 0 Å². The van der Waals surface area contributed by atoms with Crippen LogP contribution in [-0.2, 0) is 9.84 Å². The lowest BCUT2D eigenvalue weighted by atomic mass is 10.2. The van der Waals surface area contributed by atoms with Crippen molar-refractivity contribution >= 4 is 33.4 Å². The number of carboxylic acid groups (broad SMARTS) is 1. The maximum atomic E-state index is 12.2. The van der Waals surface area contributed by atoms with Gasteiger partial charge in [0.05, 0.1) is 11.3 Å². The van der Waals surface area contributed by atoms with E-state index in [1.807, 2.05) is 0 Å². The van der Waals surface area contributed by atoms with E-state index in [2.05, 4.69) is 4.98 Å². The van der Waals surface area contributed by atoms with Crippen LogP contribution in [0.1, 0.15) is 23.0 Å². The summed E-state index contributed by atoms with van der Waals surface area (Å²) in [5, 5.41) is 8.44. The molecule has 2 heterocycles. The van der Waals surface area contributed by atoms with Crippen molar-refractivity contribution in [1.82, 2.24) is 4.98 Å². The maximum Gasteiger partial charge on any atom is 0.337 e. The maximum absolute atomic E-state index is 12.2. The highest BCUT2D eigenvalue weighted by molar-refractivity contribution is 8.01. The normalized spacial score (nSPS) is 19.5. The van der Waals surface area contributed by atoms with Crippen molar-refractivity contribution in [2.45, 2.75) is 19.2 Å². The van der Waals surface area contributed by atoms with Crippen LogP contribution >= 0.6 is 11.8 Å². The van der Waals surface area contributed by atoms with Crippen molar-refractivity contribution in [3.8, 4) is 0 Å². The van der Waals surface area contributed by atoms with Crippen LogP contribution in [0.2, 0.25) is 0 Å². The summed E-state index contributed by atoms with van der Waals surface area (Å²) in [5.74, 6) is 0.925. The van der Waals surface area contributed by atoms with E-state index in [0.29, 0.717) is 23.8 Å². The van der Waals surface area contributed by atoms with Gasteiger partial charge in [0, 0.05) is 23.8 Å². The van der Waals surface area contributed by atoms with Gasteiger partial charge in [-0.3, -0.25) is 0 Å². The molecule has 0 amide bonds. The Morgan fingerprint density at radius 3 is 2.81 bits per heavy atom. The molecule has 0 radical (unpaired) electrons. The van der Waals surface area contributed by atoms with Crippen LogP contribution in [0.25, 0.3) is 0 Å². The molecular formula is C13H18N2O4S2. The van der Waals surface area contributed by atoms with Gasteiger partial charge in [-0.15, -0.1) is 0 Å². The molecule has 0 bridgehead atoms. The number of nitrogens with zero attached hydrogens (tertiary/aromatic N) is 2. The van der Waals surface area contributed by atoms with Crippen LogP contribution in [0.4, 0.5) is 5.82 Å². The highest BCUT2D eigenvalue weighted by Gasteiger charge is 2.33. The number of sulfone groups is 1. The molecule has 2 rings (SSSR count). The third-order valence-corrected chi connectivity index (χ3v) is 6.79. The van der Waals surface area contributed by atoms with Gasteiger partial charge in [-0.05, 0) is 19.1 Å². The molecule has 1 atom stereocenters. The van der Waals surface area contributed by atoms with E-state index in [1.54, 1.807) is 36.6 Å². The first-order valence-electron chi connectivity index (χ1n) is 6.63. The number of anilines is 1. The van der Waals surface area contributed by atoms with Crippen molar-refractivity contribution < 1.29 is 18.3 Å². The summed E-state index contributed by atoms with van der Waals surface area (Å²) < 4.78 is 24.4. The number of thioether (sulfide) groups is 1. The van der Waals surface area contributed by atoms with Gasteiger partial charge in [0.1, 0.15) is 11.2 Å². The monoisotopic (exact) mass is 330 g/mol. The first-order valence-corrected chi connectivity index (χ1v) is 9.50. The van der Waals surface area contributed by atoms with Gasteiger partial charge in [-0.25, -0.2) is 18.2 Å². The Hall–Kier alpha value is -1.28. The fourth-order valence-corrected chi connectivity index (χ4v) is 5.24. The lowest BCUT2D eigenvalue weighted by Crippen LogP contribution is -2.48. The second-order valence-corrected chi connectivity index (χ2v) is 8.38. The number of carbonyl (C=O) groups is 1. The van der Waals surface area contributed by atoms with Gasteiger partial charge in [-0.2, -0.15) is 11.8 Å². The molecule has 8 heteroatoms. The number of rotatable bonds is 4. The molecule has 1 aromatic rings. The first-order chi connectivity index (χ1) is 9.86. The molecule has 0 aliphatic carbocycles. The topological polar surface area (TPSA) is 87.6 Å². The van der Waals surface area contributed by atoms with Gasteiger partial charge in [0.25, 0.3) is 0 Å². The molecule has 116 valence electrons. The molecule has 1 aliphatic rings. The third-order valence-electron chi connectivity index (χ3n) is 3.50. The van der Waals surface area contributed by atoms with Gasteiger partial charge in [0.2, 0.25) is 0 Å². The average Bonchev–Trinajstić information content (AvgIpc) is 2.46. The minimum atomic E-state index is -3.21. The zero-order valence-corrected chi connectivity index (χ0v) is 13.6. The molecule has 1 fully saturated rings. The summed E-state index contributed by atoms with van der Waals surface area (Å²) in [5.41, 5.74) is 0.533. The molecule has 0 aromatic carbocycles. The van der Waals surface area contributed by atoms with Crippen molar-refractivity contribution in [2.75, 3.05) is 28.7 Å². The van der Waals surface area contributed by atoms with Crippen LogP contribution in [0.5, 0.6) is 0 Å². The molecule has 1 aromatic heterocycles. The zero-order chi connectivity index (χ0) is 15.6. The van der Waals surface area contributed by atoms with Crippen molar-refractivity contribution in [2.24, 2.45) is 0 Å². The summed E-state index contributed by atoms with van der Waals surface area (Å²) >= 11 is 1.61. The molecule has 6 nitrogen and oxygen atoms in total. The quantitative estimate of drug-likeness (QED) is 0.893. The van der Waals surface area contributed by atoms with E-state index in [-0.39, 0.29) is 11.3 Å². The third kappa shape index (κ3) is 3.32. The smallest absolute Gasteiger partial charge is 0.337 e. The summed E-state index contributed by atoms with van der Waals surface area (Å²) in [6, 6.07) is 3.07. The van der Waals surface area contributed by atoms with Crippen molar-refractivity contribution in [3.05, 3.63) is 23.4 Å². The summed E-state index contributed by atoms with van der Waals surface area (Å²) in [4.78, 5) is 17.1. The first kappa shape index (κ1) is 16.1. The molecule has 0 spiro atoms. The second-order valence-electron chi connectivity index (χ2n) is 4.78.